The fourth-order valence-corrected chi connectivity index (χ4v) is 5.58. The maximum Gasteiger partial charge on any atom is 0.417 e. The van der Waals surface area contributed by atoms with Gasteiger partial charge in [-0.25, -0.2) is 4.79 Å². The molecular weight excluding hydrogens is 550 g/mol. The highest BCUT2D eigenvalue weighted by molar-refractivity contribution is 7.17. The zero-order valence-corrected chi connectivity index (χ0v) is 20.5. The van der Waals surface area contributed by atoms with Crippen LogP contribution in [0.25, 0.3) is 22.6 Å². The monoisotopic (exact) mass is 568 g/mol. The number of carboxylic acids is 1. The molecule has 204 valence electrons. The summed E-state index contributed by atoms with van der Waals surface area (Å²) in [6.45, 7) is 0.348. The van der Waals surface area contributed by atoms with Gasteiger partial charge in [0.1, 0.15) is 10.9 Å². The fourth-order valence-electron chi connectivity index (χ4n) is 4.50. The minimum atomic E-state index is -5.11. The number of rotatable bonds is 5. The first-order valence-electron chi connectivity index (χ1n) is 11.5. The summed E-state index contributed by atoms with van der Waals surface area (Å²) in [5, 5.41) is 27.7. The van der Waals surface area contributed by atoms with Gasteiger partial charge >= 0.3 is 18.3 Å². The highest BCUT2D eigenvalue weighted by Crippen LogP contribution is 2.44. The molecule has 1 fully saturated rings. The summed E-state index contributed by atoms with van der Waals surface area (Å²) in [5.41, 5.74) is -2.51. The maximum absolute atomic E-state index is 13.9. The van der Waals surface area contributed by atoms with E-state index >= 15 is 0 Å². The van der Waals surface area contributed by atoms with Gasteiger partial charge in [-0.05, 0) is 54.3 Å². The van der Waals surface area contributed by atoms with Gasteiger partial charge < -0.3 is 15.1 Å². The molecule has 7 nitrogen and oxygen atoms in total. The van der Waals surface area contributed by atoms with Crippen LogP contribution in [0.15, 0.2) is 42.6 Å². The Morgan fingerprint density at radius 3 is 2.56 bits per heavy atom. The number of fused-ring (bicyclic) bond motifs is 1. The maximum atomic E-state index is 13.9. The fraction of sp³-hybridized carbons (Fsp3) is 0.240. The molecule has 5 rings (SSSR count). The second-order valence-corrected chi connectivity index (χ2v) is 9.84. The number of aromatic hydroxyl groups is 1. The summed E-state index contributed by atoms with van der Waals surface area (Å²) in [5.74, 6) is -1.63. The molecule has 3 N–H and O–H groups in total. The lowest BCUT2D eigenvalue weighted by atomic mass is 9.96. The van der Waals surface area contributed by atoms with E-state index in [4.69, 9.17) is 0 Å². The molecule has 2 aromatic heterocycles. The molecule has 14 heteroatoms. The first kappa shape index (κ1) is 26.5. The smallest absolute Gasteiger partial charge is 0.417 e. The van der Waals surface area contributed by atoms with Crippen molar-refractivity contribution in [3.63, 3.8) is 0 Å². The number of hydrogen-bond acceptors (Lipinski definition) is 6. The molecular formula is C25H18F6N4O3S. The molecule has 3 heterocycles. The molecule has 0 bridgehead atoms. The normalized spacial score (nSPS) is 16.8. The van der Waals surface area contributed by atoms with Gasteiger partial charge in [-0.2, -0.15) is 36.4 Å². The molecule has 1 saturated heterocycles. The number of benzene rings is 2. The van der Waals surface area contributed by atoms with Gasteiger partial charge in [0.2, 0.25) is 5.88 Å². The number of halogens is 6. The molecule has 0 saturated carbocycles. The van der Waals surface area contributed by atoms with E-state index in [0.717, 1.165) is 23.5 Å². The van der Waals surface area contributed by atoms with Crippen LogP contribution in [0.5, 0.6) is 5.88 Å². The molecule has 0 spiro atoms. The molecule has 0 radical (unpaired) electrons. The van der Waals surface area contributed by atoms with E-state index in [0.29, 0.717) is 41.9 Å². The van der Waals surface area contributed by atoms with Crippen molar-refractivity contribution in [2.24, 2.45) is 0 Å². The Morgan fingerprint density at radius 2 is 1.87 bits per heavy atom. The molecule has 4 aromatic rings. The SMILES string of the molecule is O=C(O)[C@H]1CCCN1c1nc(O)c(C(=Cc2ccc(C(F)(F)F)cc2C(F)(F)F)c2ccc3[nH]ncc3c2)s1. The van der Waals surface area contributed by atoms with E-state index in [1.807, 2.05) is 0 Å². The number of nitrogens with one attached hydrogen (secondary N) is 1. The third kappa shape index (κ3) is 5.15. The summed E-state index contributed by atoms with van der Waals surface area (Å²) in [6, 6.07) is 5.20. The van der Waals surface area contributed by atoms with Crippen molar-refractivity contribution in [1.29, 1.82) is 0 Å². The van der Waals surface area contributed by atoms with Crippen LogP contribution < -0.4 is 4.90 Å². The highest BCUT2D eigenvalue weighted by Gasteiger charge is 2.38. The molecule has 2 aromatic carbocycles. The third-order valence-corrected chi connectivity index (χ3v) is 7.48. The molecule has 1 aliphatic rings. The standard InChI is InChI=1S/C25H18F6N4O3S/c26-24(27,28)15-5-3-13(17(10-15)25(29,30)31)9-16(12-4-6-18-14(8-12)11-32-34-18)20-21(36)33-23(39-20)35-7-1-2-19(35)22(37)38/h3-6,8-11,19,36H,1-2,7H2,(H,32,34)(H,37,38)/t19-/m1/s1. The van der Waals surface area contributed by atoms with Crippen LogP contribution in [0.4, 0.5) is 31.5 Å². The average Bonchev–Trinajstić information content (AvgIpc) is 3.60. The average molecular weight is 568 g/mol. The number of carboxylic acid groups (broad SMARTS) is 1. The molecule has 0 unspecified atom stereocenters. The Morgan fingerprint density at radius 1 is 1.10 bits per heavy atom. The molecule has 39 heavy (non-hydrogen) atoms. The number of anilines is 1. The van der Waals surface area contributed by atoms with E-state index in [2.05, 4.69) is 15.2 Å². The number of carbonyl (C=O) groups is 1. The number of alkyl halides is 6. The van der Waals surface area contributed by atoms with Crippen molar-refractivity contribution in [1.82, 2.24) is 15.2 Å². The third-order valence-electron chi connectivity index (χ3n) is 6.36. The van der Waals surface area contributed by atoms with Crippen LogP contribution in [-0.2, 0) is 17.1 Å². The van der Waals surface area contributed by atoms with Gasteiger partial charge in [-0.15, -0.1) is 0 Å². The summed E-state index contributed by atoms with van der Waals surface area (Å²) < 4.78 is 81.4. The topological polar surface area (TPSA) is 102 Å². The van der Waals surface area contributed by atoms with E-state index in [1.165, 1.54) is 11.1 Å². The van der Waals surface area contributed by atoms with E-state index < -0.39 is 46.9 Å². The summed E-state index contributed by atoms with van der Waals surface area (Å²) in [6.07, 6.45) is -6.66. The molecule has 0 aliphatic carbocycles. The minimum Gasteiger partial charge on any atom is -0.492 e. The molecule has 1 atom stereocenters. The Bertz CT molecular complexity index is 1590. The van der Waals surface area contributed by atoms with Crippen molar-refractivity contribution in [2.45, 2.75) is 31.2 Å². The first-order chi connectivity index (χ1) is 18.3. The number of H-pyrrole nitrogens is 1. The van der Waals surface area contributed by atoms with Gasteiger partial charge in [-0.1, -0.05) is 23.5 Å². The summed E-state index contributed by atoms with van der Waals surface area (Å²) in [4.78, 5) is 17.3. The largest absolute Gasteiger partial charge is 0.492 e. The van der Waals surface area contributed by atoms with Crippen LogP contribution in [0, 0.1) is 0 Å². The Kier molecular flexibility index (Phi) is 6.53. The van der Waals surface area contributed by atoms with Crippen LogP contribution >= 0.6 is 11.3 Å². The molecule has 0 amide bonds. The zero-order valence-electron chi connectivity index (χ0n) is 19.6. The molecule has 1 aliphatic heterocycles. The van der Waals surface area contributed by atoms with Gasteiger partial charge in [0.15, 0.2) is 5.13 Å². The lowest BCUT2D eigenvalue weighted by Crippen LogP contribution is -2.35. The predicted octanol–water partition coefficient (Wildman–Crippen LogP) is 6.40. The van der Waals surface area contributed by atoms with Crippen molar-refractivity contribution >= 4 is 45.0 Å². The first-order valence-corrected chi connectivity index (χ1v) is 12.3. The van der Waals surface area contributed by atoms with E-state index in [1.54, 1.807) is 18.2 Å². The minimum absolute atomic E-state index is 0.0249. The Hall–Kier alpha value is -4.07. The van der Waals surface area contributed by atoms with Crippen molar-refractivity contribution < 1.29 is 41.4 Å². The number of aliphatic carboxylic acids is 1. The van der Waals surface area contributed by atoms with Gasteiger partial charge in [0.25, 0.3) is 0 Å². The number of thiazole rings is 1. The second kappa shape index (κ2) is 9.59. The van der Waals surface area contributed by atoms with E-state index in [9.17, 15) is 41.4 Å². The predicted molar refractivity (Wildman–Crippen MR) is 131 cm³/mol. The van der Waals surface area contributed by atoms with Gasteiger partial charge in [0.05, 0.1) is 22.8 Å². The van der Waals surface area contributed by atoms with E-state index in [-0.39, 0.29) is 21.6 Å². The lowest BCUT2D eigenvalue weighted by molar-refractivity contribution is -0.143. The number of aromatic amines is 1. The summed E-state index contributed by atoms with van der Waals surface area (Å²) >= 11 is 0.877. The Balaban J connectivity index is 1.71. The quantitative estimate of drug-likeness (QED) is 0.190. The van der Waals surface area contributed by atoms with Crippen LogP contribution in [0.3, 0.4) is 0 Å². The number of nitrogens with zero attached hydrogens (tertiary/aromatic N) is 3. The number of hydrogen-bond donors (Lipinski definition) is 3. The lowest BCUT2D eigenvalue weighted by Gasteiger charge is -2.19. The summed E-state index contributed by atoms with van der Waals surface area (Å²) in [7, 11) is 0. The van der Waals surface area contributed by atoms with Crippen molar-refractivity contribution in [2.75, 3.05) is 11.4 Å². The highest BCUT2D eigenvalue weighted by atomic mass is 32.1. The van der Waals surface area contributed by atoms with Crippen LogP contribution in [0.1, 0.15) is 40.0 Å². The zero-order chi connectivity index (χ0) is 28.1. The Labute approximate surface area is 220 Å². The van der Waals surface area contributed by atoms with Crippen molar-refractivity contribution in [3.05, 3.63) is 69.7 Å². The van der Waals surface area contributed by atoms with Crippen molar-refractivity contribution in [3.8, 4) is 5.88 Å². The second-order valence-electron chi connectivity index (χ2n) is 8.87. The van der Waals surface area contributed by atoms with Gasteiger partial charge in [-0.3, -0.25) is 5.10 Å². The van der Waals surface area contributed by atoms with Crippen LogP contribution in [-0.4, -0.2) is 44.0 Å². The van der Waals surface area contributed by atoms with Gasteiger partial charge in [0, 0.05) is 17.5 Å². The van der Waals surface area contributed by atoms with Crippen LogP contribution in [0.2, 0.25) is 0 Å². The number of aromatic nitrogens is 3.